The van der Waals surface area contributed by atoms with Gasteiger partial charge in [-0.2, -0.15) is 0 Å². The molecule has 6 aromatic rings. The zero-order chi connectivity index (χ0) is 51.3. The van der Waals surface area contributed by atoms with Crippen molar-refractivity contribution >= 4 is 133 Å². The van der Waals surface area contributed by atoms with Crippen LogP contribution in [0.5, 0.6) is 0 Å². The van der Waals surface area contributed by atoms with Crippen LogP contribution in [-0.4, -0.2) is 68.9 Å². The van der Waals surface area contributed by atoms with E-state index < -0.39 is 46.0 Å². The average molecular weight is 1140 g/mol. The number of aliphatic imine (C=N–C) groups is 1. The number of amidine groups is 1. The smallest absolute Gasteiger partial charge is 0.274 e. The molecule has 0 atom stereocenters. The van der Waals surface area contributed by atoms with Crippen LogP contribution in [0.1, 0.15) is 44.1 Å². The largest absolute Gasteiger partial charge is 0.321 e. The zero-order valence-corrected chi connectivity index (χ0v) is 42.9. The van der Waals surface area contributed by atoms with E-state index in [4.69, 9.17) is 46.4 Å². The van der Waals surface area contributed by atoms with Crippen molar-refractivity contribution in [1.29, 1.82) is 0 Å². The molecule has 2 heterocycles. The molecular formula is C45H43Cl4N9O10S4. The molecule has 1 saturated heterocycles. The Balaban J connectivity index is 0.000000236. The number of sulfonamides is 4. The molecule has 5 aromatic carbocycles. The van der Waals surface area contributed by atoms with E-state index in [9.17, 15) is 43.3 Å². The topological polar surface area (TPSA) is 271 Å². The van der Waals surface area contributed by atoms with Gasteiger partial charge in [0.05, 0.1) is 68.8 Å². The Morgan fingerprint density at radius 1 is 0.653 bits per heavy atom. The average Bonchev–Trinajstić information content (AvgIpc) is 4.06. The monoisotopic (exact) mass is 1140 g/mol. The number of rotatable bonds is 16. The molecule has 19 nitrogen and oxygen atoms in total. The van der Waals surface area contributed by atoms with Crippen LogP contribution in [0.3, 0.4) is 0 Å². The summed E-state index contributed by atoms with van der Waals surface area (Å²) >= 11 is 24.5. The third-order valence-corrected chi connectivity index (χ3v) is 17.1. The highest BCUT2D eigenvalue weighted by Gasteiger charge is 2.30. The molecule has 72 heavy (non-hydrogen) atoms. The van der Waals surface area contributed by atoms with Gasteiger partial charge >= 0.3 is 0 Å². The number of carbonyl (C=O) groups is 2. The van der Waals surface area contributed by atoms with E-state index in [1.807, 2.05) is 0 Å². The fourth-order valence-corrected chi connectivity index (χ4v) is 11.7. The Morgan fingerprint density at radius 3 is 1.89 bits per heavy atom. The van der Waals surface area contributed by atoms with E-state index in [2.05, 4.69) is 39.6 Å². The number of halogens is 4. The number of nitrogens with zero attached hydrogens (tertiary/aromatic N) is 3. The van der Waals surface area contributed by atoms with Crippen molar-refractivity contribution in [3.63, 3.8) is 0 Å². The van der Waals surface area contributed by atoms with E-state index in [0.717, 1.165) is 23.9 Å². The molecule has 2 fully saturated rings. The predicted molar refractivity (Wildman–Crippen MR) is 279 cm³/mol. The molecule has 6 N–H and O–H groups in total. The normalized spacial score (nSPS) is 14.4. The van der Waals surface area contributed by atoms with Crippen LogP contribution in [0.2, 0.25) is 20.1 Å². The summed E-state index contributed by atoms with van der Waals surface area (Å²) in [5, 5.41) is 4.62. The van der Waals surface area contributed by atoms with Gasteiger partial charge in [-0.1, -0.05) is 79.0 Å². The molecule has 0 spiro atoms. The van der Waals surface area contributed by atoms with Gasteiger partial charge in [0.2, 0.25) is 20.0 Å². The van der Waals surface area contributed by atoms with Crippen molar-refractivity contribution in [2.75, 3.05) is 26.3 Å². The molecule has 27 heteroatoms. The fraction of sp³-hybridized carbons (Fsp3) is 0.156. The molecule has 8 rings (SSSR count). The summed E-state index contributed by atoms with van der Waals surface area (Å²) in [6.07, 6.45) is 2.97. The number of amides is 2. The highest BCUT2D eigenvalue weighted by molar-refractivity contribution is 7.93. The molecule has 0 unspecified atom stereocenters. The van der Waals surface area contributed by atoms with Gasteiger partial charge in [-0.25, -0.2) is 53.1 Å². The highest BCUT2D eigenvalue weighted by Crippen LogP contribution is 2.36. The quantitative estimate of drug-likeness (QED) is 0.0498. The maximum absolute atomic E-state index is 13.0. The number of hydrazine groups is 1. The first-order valence-electron chi connectivity index (χ1n) is 20.7. The van der Waals surface area contributed by atoms with E-state index in [-0.39, 0.29) is 106 Å². The summed E-state index contributed by atoms with van der Waals surface area (Å²) in [6, 6.07) is 28.0. The van der Waals surface area contributed by atoms with Crippen molar-refractivity contribution < 1.29 is 43.3 Å². The highest BCUT2D eigenvalue weighted by atomic mass is 35.5. The summed E-state index contributed by atoms with van der Waals surface area (Å²) in [5.74, 6) is -0.595. The van der Waals surface area contributed by atoms with Crippen molar-refractivity contribution in [3.05, 3.63) is 153 Å². The second kappa shape index (κ2) is 22.9. The van der Waals surface area contributed by atoms with Gasteiger partial charge in [0.15, 0.2) is 0 Å². The minimum atomic E-state index is -4.18. The van der Waals surface area contributed by atoms with Crippen molar-refractivity contribution in [1.82, 2.24) is 19.9 Å². The molecular weight excluding hydrogens is 1100 g/mol. The first-order valence-corrected chi connectivity index (χ1v) is 28.2. The van der Waals surface area contributed by atoms with Crippen LogP contribution >= 0.6 is 46.4 Å². The fourth-order valence-electron chi connectivity index (χ4n) is 6.35. The maximum atomic E-state index is 13.0. The summed E-state index contributed by atoms with van der Waals surface area (Å²) in [4.78, 5) is 32.7. The third-order valence-electron chi connectivity index (χ3n) is 9.87. The molecule has 2 amide bonds. The van der Waals surface area contributed by atoms with Crippen LogP contribution in [-0.2, 0) is 44.9 Å². The van der Waals surface area contributed by atoms with Gasteiger partial charge < -0.3 is 5.32 Å². The summed E-state index contributed by atoms with van der Waals surface area (Å²) in [6.45, 7) is 1.75. The van der Waals surface area contributed by atoms with Gasteiger partial charge in [0.1, 0.15) is 11.5 Å². The first kappa shape index (κ1) is 55.5. The standard InChI is InChI=1S/C23H19Cl4N5O5S2.C21H20N4O5S2.CH4/c1-2-28-38(34,35)14-4-3-5-15(9-14)39(36,37)31-13-6-7-16(24)20(8-13)29-22-12-23(33)32(30-22)21-11-18(26)17(25)10-19(21)27;26-21(20-6-1-2-13-22-20)23-16-4-3-5-17(14-16)25-32(29,30)19-11-9-18(10-12-19)31(27,28)24-15-7-8-15;/h3-11,28,31H,2,12H2,1H3,(H,29,30);1-6,9-15,24-25H,7-8H2,(H,23,26);1H4. The lowest BCUT2D eigenvalue weighted by molar-refractivity contribution is -0.116. The number of nitrogens with one attached hydrogen (secondary N) is 6. The second-order valence-corrected chi connectivity index (χ2v) is 23.7. The third kappa shape index (κ3) is 14.0. The van der Waals surface area contributed by atoms with Crippen LogP contribution in [0.15, 0.2) is 152 Å². The predicted octanol–water partition coefficient (Wildman–Crippen LogP) is 8.58. The second-order valence-electron chi connectivity index (χ2n) is 15.3. The van der Waals surface area contributed by atoms with Crippen molar-refractivity contribution in [2.45, 2.75) is 59.2 Å². The Hall–Kier alpha value is -5.86. The molecule has 0 radical (unpaired) electrons. The van der Waals surface area contributed by atoms with Crippen molar-refractivity contribution in [3.8, 4) is 0 Å². The molecule has 1 aliphatic carbocycles. The first-order chi connectivity index (χ1) is 33.5. The lowest BCUT2D eigenvalue weighted by Gasteiger charge is -2.18. The van der Waals surface area contributed by atoms with Gasteiger partial charge in [-0.05, 0) is 116 Å². The number of anilines is 4. The SMILES string of the molecule is C.CCNS(=O)(=O)c1cccc(S(=O)(=O)Nc2ccc(Cl)c(N=C3CC(=O)N(c4cc(Cl)c(Cl)cc4Cl)N3)c2)c1.O=C(Nc1cccc(NS(=O)(=O)c2ccc(S(=O)(=O)NC3CC3)cc2)c1)c1ccccn1. The zero-order valence-electron chi connectivity index (χ0n) is 36.6. The van der Waals surface area contributed by atoms with E-state index in [1.165, 1.54) is 91.1 Å². The lowest BCUT2D eigenvalue weighted by Crippen LogP contribution is -2.36. The number of pyridine rings is 1. The van der Waals surface area contributed by atoms with Crippen LogP contribution in [0.25, 0.3) is 0 Å². The molecule has 1 aliphatic heterocycles. The Morgan fingerprint density at radius 2 is 1.25 bits per heavy atom. The lowest BCUT2D eigenvalue weighted by atomic mass is 10.2. The minimum absolute atomic E-state index is 0. The molecule has 380 valence electrons. The number of hydrogen-bond acceptors (Lipinski definition) is 12. The molecule has 1 aromatic heterocycles. The number of hydrogen-bond donors (Lipinski definition) is 6. The molecule has 2 aliphatic rings. The number of benzene rings is 5. The minimum Gasteiger partial charge on any atom is -0.321 e. The summed E-state index contributed by atoms with van der Waals surface area (Å²) in [5.41, 5.74) is 4.21. The Kier molecular flexibility index (Phi) is 17.6. The summed E-state index contributed by atoms with van der Waals surface area (Å²) in [7, 11) is -15.7. The van der Waals surface area contributed by atoms with Crippen molar-refractivity contribution in [2.24, 2.45) is 4.99 Å². The Labute approximate surface area is 436 Å². The van der Waals surface area contributed by atoms with Crippen LogP contribution in [0.4, 0.5) is 28.4 Å². The number of carbonyl (C=O) groups excluding carboxylic acids is 2. The van der Waals surface area contributed by atoms with E-state index in [0.29, 0.717) is 5.69 Å². The molecule has 1 saturated carbocycles. The molecule has 0 bridgehead atoms. The van der Waals surface area contributed by atoms with Gasteiger partial charge in [0.25, 0.3) is 31.9 Å². The van der Waals surface area contributed by atoms with Gasteiger partial charge in [0, 0.05) is 24.5 Å². The van der Waals surface area contributed by atoms with E-state index in [1.54, 1.807) is 37.3 Å². The van der Waals surface area contributed by atoms with E-state index >= 15 is 0 Å². The Bertz CT molecular complexity index is 3520. The van der Waals surface area contributed by atoms with Crippen LogP contribution < -0.4 is 34.6 Å². The van der Waals surface area contributed by atoms with Gasteiger partial charge in [-0.15, -0.1) is 0 Å². The maximum Gasteiger partial charge on any atom is 0.274 e. The summed E-state index contributed by atoms with van der Waals surface area (Å²) < 4.78 is 110. The van der Waals surface area contributed by atoms with Gasteiger partial charge in [-0.3, -0.25) is 29.4 Å². The van der Waals surface area contributed by atoms with Crippen LogP contribution in [0, 0.1) is 0 Å². The number of aromatic nitrogens is 1.